The third-order valence-electron chi connectivity index (χ3n) is 5.70. The molecule has 0 aromatic heterocycles. The lowest BCUT2D eigenvalue weighted by Crippen LogP contribution is -2.43. The van der Waals surface area contributed by atoms with Crippen molar-refractivity contribution in [1.29, 1.82) is 0 Å². The zero-order chi connectivity index (χ0) is 20.0. The number of rotatable bonds is 3. The summed E-state index contributed by atoms with van der Waals surface area (Å²) in [5, 5.41) is 10.7. The first-order chi connectivity index (χ1) is 12.5. The fraction of sp³-hybridized carbons (Fsp3) is 0.522. The van der Waals surface area contributed by atoms with Crippen molar-refractivity contribution < 1.29 is 19.5 Å². The van der Waals surface area contributed by atoms with Crippen LogP contribution in [0.3, 0.4) is 0 Å². The third-order valence-corrected chi connectivity index (χ3v) is 5.70. The molecule has 1 aromatic carbocycles. The van der Waals surface area contributed by atoms with Gasteiger partial charge in [-0.2, -0.15) is 0 Å². The van der Waals surface area contributed by atoms with Crippen LogP contribution in [-0.4, -0.2) is 22.5 Å². The number of aliphatic hydroxyl groups is 1. The van der Waals surface area contributed by atoms with E-state index < -0.39 is 11.8 Å². The largest absolute Gasteiger partial charge is 0.512 e. The molecule has 144 valence electrons. The Bertz CT molecular complexity index is 794. The number of benzene rings is 1. The van der Waals surface area contributed by atoms with Gasteiger partial charge in [0.15, 0.2) is 5.78 Å². The standard InChI is InChI=1S/C23H28O4/c1-22(2)10-15(24)20(16(25)11-22)19(14-8-6-5-7-9-14)21-17(26)12-23(3,4)13-18(21)27/h5-9,19-20,26H,10-13H2,1-4H3. The van der Waals surface area contributed by atoms with E-state index in [-0.39, 0.29) is 39.5 Å². The second-order valence-electron chi connectivity index (χ2n) is 9.62. The van der Waals surface area contributed by atoms with E-state index in [0.29, 0.717) is 25.7 Å². The fourth-order valence-corrected chi connectivity index (χ4v) is 4.62. The average molecular weight is 368 g/mol. The number of carbonyl (C=O) groups excluding carboxylic acids is 3. The highest BCUT2D eigenvalue weighted by Crippen LogP contribution is 2.47. The zero-order valence-corrected chi connectivity index (χ0v) is 16.5. The summed E-state index contributed by atoms with van der Waals surface area (Å²) in [5.74, 6) is -2.02. The van der Waals surface area contributed by atoms with E-state index in [1.54, 1.807) is 0 Å². The van der Waals surface area contributed by atoms with Gasteiger partial charge in [-0.15, -0.1) is 0 Å². The molecule has 1 unspecified atom stereocenters. The Hall–Kier alpha value is -2.23. The molecular formula is C23H28O4. The minimum atomic E-state index is -0.900. The molecular weight excluding hydrogens is 340 g/mol. The lowest BCUT2D eigenvalue weighted by atomic mass is 9.62. The smallest absolute Gasteiger partial charge is 0.163 e. The number of ketones is 3. The molecule has 1 aromatic rings. The topological polar surface area (TPSA) is 71.4 Å². The van der Waals surface area contributed by atoms with Crippen LogP contribution in [0.2, 0.25) is 0 Å². The maximum Gasteiger partial charge on any atom is 0.163 e. The third kappa shape index (κ3) is 3.90. The van der Waals surface area contributed by atoms with Crippen molar-refractivity contribution in [2.24, 2.45) is 16.7 Å². The van der Waals surface area contributed by atoms with E-state index in [4.69, 9.17) is 0 Å². The van der Waals surface area contributed by atoms with Gasteiger partial charge in [-0.3, -0.25) is 14.4 Å². The molecule has 2 aliphatic rings. The molecule has 4 heteroatoms. The van der Waals surface area contributed by atoms with Gasteiger partial charge >= 0.3 is 0 Å². The molecule has 0 spiro atoms. The van der Waals surface area contributed by atoms with Crippen molar-refractivity contribution >= 4 is 17.3 Å². The molecule has 1 N–H and O–H groups in total. The molecule has 3 rings (SSSR count). The highest BCUT2D eigenvalue weighted by atomic mass is 16.3. The predicted molar refractivity (Wildman–Crippen MR) is 103 cm³/mol. The SMILES string of the molecule is CC1(C)CC(=O)C(C(C2=C(O)CC(C)(C)CC2=O)c2ccccc2)C(=O)C1. The van der Waals surface area contributed by atoms with Crippen molar-refractivity contribution in [1.82, 2.24) is 0 Å². The molecule has 0 saturated heterocycles. The molecule has 1 saturated carbocycles. The van der Waals surface area contributed by atoms with Crippen LogP contribution in [0.5, 0.6) is 0 Å². The molecule has 0 amide bonds. The summed E-state index contributed by atoms with van der Waals surface area (Å²) < 4.78 is 0. The van der Waals surface area contributed by atoms with Crippen LogP contribution >= 0.6 is 0 Å². The Labute approximate surface area is 160 Å². The van der Waals surface area contributed by atoms with Crippen LogP contribution in [0.15, 0.2) is 41.7 Å². The number of Topliss-reactive ketones (excluding diaryl/α,β-unsaturated/α-hetero) is 3. The van der Waals surface area contributed by atoms with Crippen molar-refractivity contribution in [3.63, 3.8) is 0 Å². The van der Waals surface area contributed by atoms with Gasteiger partial charge < -0.3 is 5.11 Å². The van der Waals surface area contributed by atoms with E-state index in [2.05, 4.69) is 0 Å². The van der Waals surface area contributed by atoms with E-state index in [9.17, 15) is 19.5 Å². The van der Waals surface area contributed by atoms with E-state index in [1.807, 2.05) is 58.0 Å². The predicted octanol–water partition coefficient (Wildman–Crippen LogP) is 4.55. The summed E-state index contributed by atoms with van der Waals surface area (Å²) in [6.07, 6.45) is 1.29. The molecule has 4 nitrogen and oxygen atoms in total. The maximum atomic E-state index is 13.0. The van der Waals surface area contributed by atoms with Crippen molar-refractivity contribution in [3.05, 3.63) is 47.2 Å². The Morgan fingerprint density at radius 2 is 1.37 bits per heavy atom. The molecule has 1 fully saturated rings. The van der Waals surface area contributed by atoms with Gasteiger partial charge in [0.1, 0.15) is 17.3 Å². The normalized spacial score (nSPS) is 24.2. The van der Waals surface area contributed by atoms with Gasteiger partial charge in [-0.25, -0.2) is 0 Å². The first kappa shape index (κ1) is 19.5. The zero-order valence-electron chi connectivity index (χ0n) is 16.5. The first-order valence-electron chi connectivity index (χ1n) is 9.56. The van der Waals surface area contributed by atoms with Gasteiger partial charge in [0, 0.05) is 37.2 Å². The Balaban J connectivity index is 2.13. The lowest BCUT2D eigenvalue weighted by Gasteiger charge is -2.39. The Morgan fingerprint density at radius 1 is 0.852 bits per heavy atom. The van der Waals surface area contributed by atoms with Crippen LogP contribution in [0.1, 0.15) is 64.9 Å². The summed E-state index contributed by atoms with van der Waals surface area (Å²) in [6.45, 7) is 7.72. The second-order valence-corrected chi connectivity index (χ2v) is 9.62. The summed E-state index contributed by atoms with van der Waals surface area (Å²) in [4.78, 5) is 38.9. The quantitative estimate of drug-likeness (QED) is 0.795. The van der Waals surface area contributed by atoms with Crippen LogP contribution < -0.4 is 0 Å². The van der Waals surface area contributed by atoms with Gasteiger partial charge in [0.25, 0.3) is 0 Å². The highest BCUT2D eigenvalue weighted by Gasteiger charge is 2.48. The number of hydrogen-bond donors (Lipinski definition) is 1. The number of carbonyl (C=O) groups is 3. The maximum absolute atomic E-state index is 13.0. The van der Waals surface area contributed by atoms with Crippen LogP contribution in [0, 0.1) is 16.7 Å². The summed E-state index contributed by atoms with van der Waals surface area (Å²) in [7, 11) is 0. The summed E-state index contributed by atoms with van der Waals surface area (Å²) in [6, 6.07) is 9.18. The Kier molecular flexibility index (Phi) is 4.87. The van der Waals surface area contributed by atoms with Crippen LogP contribution in [0.25, 0.3) is 0 Å². The summed E-state index contributed by atoms with van der Waals surface area (Å²) in [5.41, 5.74) is 0.306. The van der Waals surface area contributed by atoms with Gasteiger partial charge in [-0.1, -0.05) is 58.0 Å². The molecule has 1 atom stereocenters. The summed E-state index contributed by atoms with van der Waals surface area (Å²) >= 11 is 0. The molecule has 0 bridgehead atoms. The second kappa shape index (κ2) is 6.74. The van der Waals surface area contributed by atoms with Crippen LogP contribution in [0.4, 0.5) is 0 Å². The molecule has 2 aliphatic carbocycles. The van der Waals surface area contributed by atoms with Crippen LogP contribution in [-0.2, 0) is 14.4 Å². The lowest BCUT2D eigenvalue weighted by molar-refractivity contribution is -0.140. The van der Waals surface area contributed by atoms with Crippen molar-refractivity contribution in [3.8, 4) is 0 Å². The van der Waals surface area contributed by atoms with Gasteiger partial charge in [0.2, 0.25) is 0 Å². The minimum absolute atomic E-state index is 0.0236. The molecule has 0 radical (unpaired) electrons. The molecule has 0 aliphatic heterocycles. The Morgan fingerprint density at radius 3 is 1.89 bits per heavy atom. The molecule has 27 heavy (non-hydrogen) atoms. The van der Waals surface area contributed by atoms with Gasteiger partial charge in [0.05, 0.1) is 5.92 Å². The number of hydrogen-bond acceptors (Lipinski definition) is 4. The first-order valence-corrected chi connectivity index (χ1v) is 9.56. The molecule has 0 heterocycles. The number of aliphatic hydroxyl groups excluding tert-OH is 1. The highest BCUT2D eigenvalue weighted by molar-refractivity contribution is 6.09. The average Bonchev–Trinajstić information content (AvgIpc) is 2.50. The van der Waals surface area contributed by atoms with Gasteiger partial charge in [-0.05, 0) is 16.4 Å². The van der Waals surface area contributed by atoms with Crippen molar-refractivity contribution in [2.75, 3.05) is 0 Å². The van der Waals surface area contributed by atoms with E-state index in [0.717, 1.165) is 5.56 Å². The van der Waals surface area contributed by atoms with E-state index >= 15 is 0 Å². The van der Waals surface area contributed by atoms with E-state index in [1.165, 1.54) is 0 Å². The number of allylic oxidation sites excluding steroid dienone is 2. The monoisotopic (exact) mass is 368 g/mol. The fourth-order valence-electron chi connectivity index (χ4n) is 4.62. The van der Waals surface area contributed by atoms with Crippen molar-refractivity contribution in [2.45, 2.75) is 59.3 Å². The minimum Gasteiger partial charge on any atom is -0.512 e.